The normalized spacial score (nSPS) is 10.8. The summed E-state index contributed by atoms with van der Waals surface area (Å²) in [4.78, 5) is 8.06. The largest absolute Gasteiger partial charge is 0.506 e. The van der Waals surface area contributed by atoms with Gasteiger partial charge < -0.3 is 5.11 Å². The van der Waals surface area contributed by atoms with E-state index in [1.807, 2.05) is 30.3 Å². The zero-order valence-electron chi connectivity index (χ0n) is 8.74. The minimum atomic E-state index is 0.152. The number of hydrogen-bond donors (Lipinski definition) is 1. The van der Waals surface area contributed by atoms with Crippen molar-refractivity contribution < 1.29 is 5.11 Å². The number of pyridine rings is 1. The maximum Gasteiger partial charge on any atom is 0.142 e. The molecule has 0 saturated heterocycles. The van der Waals surface area contributed by atoms with Crippen LogP contribution < -0.4 is 0 Å². The van der Waals surface area contributed by atoms with Gasteiger partial charge in [-0.1, -0.05) is 30.3 Å². The Bertz CT molecular complexity index is 480. The van der Waals surface area contributed by atoms with Gasteiger partial charge in [0, 0.05) is 18.0 Å². The molecule has 2 rings (SSSR count). The maximum absolute atomic E-state index is 9.45. The van der Waals surface area contributed by atoms with Crippen LogP contribution in [0.2, 0.25) is 0 Å². The zero-order chi connectivity index (χ0) is 11.2. The predicted octanol–water partition coefficient (Wildman–Crippen LogP) is 2.41. The van der Waals surface area contributed by atoms with E-state index >= 15 is 0 Å². The van der Waals surface area contributed by atoms with Crippen molar-refractivity contribution in [1.82, 2.24) is 4.98 Å². The molecule has 2 aromatic rings. The predicted molar refractivity (Wildman–Crippen MR) is 63.6 cm³/mol. The van der Waals surface area contributed by atoms with Crippen LogP contribution >= 0.6 is 0 Å². The lowest BCUT2D eigenvalue weighted by molar-refractivity contribution is 0.472. The molecule has 0 amide bonds. The van der Waals surface area contributed by atoms with Gasteiger partial charge in [0.1, 0.15) is 5.75 Å². The first-order valence-electron chi connectivity index (χ1n) is 5.03. The lowest BCUT2D eigenvalue weighted by atomic mass is 10.2. The van der Waals surface area contributed by atoms with Gasteiger partial charge in [0.05, 0.1) is 12.7 Å². The third kappa shape index (κ3) is 2.67. The minimum Gasteiger partial charge on any atom is -0.506 e. The molecule has 1 heterocycles. The standard InChI is InChI=1S/C13H12N2O/c16-13-10-14-7-6-12(13)9-15-8-11-4-2-1-3-5-11/h1-7,9-10,16H,8H2. The number of aliphatic imine (C=N–C) groups is 1. The lowest BCUT2D eigenvalue weighted by Crippen LogP contribution is -1.85. The summed E-state index contributed by atoms with van der Waals surface area (Å²) in [6.45, 7) is 0.614. The first-order chi connectivity index (χ1) is 7.86. The molecule has 1 aromatic carbocycles. The second kappa shape index (κ2) is 5.07. The van der Waals surface area contributed by atoms with Crippen LogP contribution in [0.4, 0.5) is 0 Å². The van der Waals surface area contributed by atoms with Crippen LogP contribution in [0.1, 0.15) is 11.1 Å². The Labute approximate surface area is 94.1 Å². The van der Waals surface area contributed by atoms with Crippen LogP contribution in [0.15, 0.2) is 53.8 Å². The quantitative estimate of drug-likeness (QED) is 0.794. The fourth-order valence-corrected chi connectivity index (χ4v) is 1.34. The molecule has 0 aliphatic heterocycles. The summed E-state index contributed by atoms with van der Waals surface area (Å²) in [5, 5.41) is 9.45. The Kier molecular flexibility index (Phi) is 3.28. The summed E-state index contributed by atoms with van der Waals surface area (Å²) < 4.78 is 0. The summed E-state index contributed by atoms with van der Waals surface area (Å²) in [6, 6.07) is 11.7. The molecule has 16 heavy (non-hydrogen) atoms. The van der Waals surface area contributed by atoms with Crippen LogP contribution in [0.5, 0.6) is 5.75 Å². The molecule has 3 nitrogen and oxygen atoms in total. The third-order valence-corrected chi connectivity index (χ3v) is 2.18. The smallest absolute Gasteiger partial charge is 0.142 e. The second-order valence-corrected chi connectivity index (χ2v) is 3.39. The summed E-state index contributed by atoms with van der Waals surface area (Å²) in [7, 11) is 0. The van der Waals surface area contributed by atoms with Crippen molar-refractivity contribution >= 4 is 6.21 Å². The van der Waals surface area contributed by atoms with Crippen molar-refractivity contribution in [3.05, 3.63) is 59.9 Å². The van der Waals surface area contributed by atoms with E-state index in [2.05, 4.69) is 9.98 Å². The van der Waals surface area contributed by atoms with Crippen molar-refractivity contribution in [2.75, 3.05) is 0 Å². The van der Waals surface area contributed by atoms with Gasteiger partial charge in [-0.15, -0.1) is 0 Å². The molecule has 0 saturated carbocycles. The Balaban J connectivity index is 2.03. The molecule has 0 atom stereocenters. The highest BCUT2D eigenvalue weighted by Crippen LogP contribution is 2.11. The van der Waals surface area contributed by atoms with E-state index in [1.54, 1.807) is 18.5 Å². The summed E-state index contributed by atoms with van der Waals surface area (Å²) in [5.74, 6) is 0.152. The fraction of sp³-hybridized carbons (Fsp3) is 0.0769. The van der Waals surface area contributed by atoms with Crippen LogP contribution in [0.3, 0.4) is 0 Å². The van der Waals surface area contributed by atoms with Crippen LogP contribution in [-0.2, 0) is 6.54 Å². The van der Waals surface area contributed by atoms with E-state index < -0.39 is 0 Å². The van der Waals surface area contributed by atoms with E-state index in [9.17, 15) is 5.11 Å². The lowest BCUT2D eigenvalue weighted by Gasteiger charge is -1.97. The number of aromatic nitrogens is 1. The average Bonchev–Trinajstić information content (AvgIpc) is 2.33. The number of aromatic hydroxyl groups is 1. The van der Waals surface area contributed by atoms with Crippen LogP contribution in [-0.4, -0.2) is 16.3 Å². The zero-order valence-corrected chi connectivity index (χ0v) is 8.74. The molecule has 0 fully saturated rings. The Hall–Kier alpha value is -2.16. The molecule has 3 heteroatoms. The van der Waals surface area contributed by atoms with Gasteiger partial charge in [0.25, 0.3) is 0 Å². The fourth-order valence-electron chi connectivity index (χ4n) is 1.34. The molecule has 1 aromatic heterocycles. The topological polar surface area (TPSA) is 45.5 Å². The number of hydrogen-bond acceptors (Lipinski definition) is 3. The summed E-state index contributed by atoms with van der Waals surface area (Å²) >= 11 is 0. The van der Waals surface area contributed by atoms with Gasteiger partial charge in [0.15, 0.2) is 0 Å². The average molecular weight is 212 g/mol. The molecule has 80 valence electrons. The number of nitrogens with zero attached hydrogens (tertiary/aromatic N) is 2. The first kappa shape index (κ1) is 10.4. The molecule has 0 aliphatic rings. The molecule has 0 bridgehead atoms. The molecular weight excluding hydrogens is 200 g/mol. The summed E-state index contributed by atoms with van der Waals surface area (Å²) in [5.41, 5.74) is 1.83. The Morgan fingerprint density at radius 1 is 1.19 bits per heavy atom. The van der Waals surface area contributed by atoms with E-state index in [-0.39, 0.29) is 5.75 Å². The van der Waals surface area contributed by atoms with Gasteiger partial charge in [-0.05, 0) is 11.6 Å². The van der Waals surface area contributed by atoms with E-state index in [1.165, 1.54) is 6.20 Å². The van der Waals surface area contributed by atoms with Gasteiger partial charge in [0.2, 0.25) is 0 Å². The Morgan fingerprint density at radius 2 is 2.00 bits per heavy atom. The minimum absolute atomic E-state index is 0.152. The van der Waals surface area contributed by atoms with Crippen molar-refractivity contribution in [3.8, 4) is 5.75 Å². The maximum atomic E-state index is 9.45. The van der Waals surface area contributed by atoms with E-state index in [4.69, 9.17) is 0 Å². The van der Waals surface area contributed by atoms with Gasteiger partial charge >= 0.3 is 0 Å². The SMILES string of the molecule is Oc1cnccc1C=NCc1ccccc1. The first-order valence-corrected chi connectivity index (χ1v) is 5.03. The van der Waals surface area contributed by atoms with Crippen LogP contribution in [0, 0.1) is 0 Å². The highest BCUT2D eigenvalue weighted by molar-refractivity contribution is 5.82. The highest BCUT2D eigenvalue weighted by atomic mass is 16.3. The monoisotopic (exact) mass is 212 g/mol. The third-order valence-electron chi connectivity index (χ3n) is 2.18. The molecule has 0 aliphatic carbocycles. The Morgan fingerprint density at radius 3 is 2.75 bits per heavy atom. The number of rotatable bonds is 3. The molecule has 1 N–H and O–H groups in total. The highest BCUT2D eigenvalue weighted by Gasteiger charge is 1.95. The van der Waals surface area contributed by atoms with Crippen molar-refractivity contribution in [1.29, 1.82) is 0 Å². The van der Waals surface area contributed by atoms with Crippen LogP contribution in [0.25, 0.3) is 0 Å². The summed E-state index contributed by atoms with van der Waals surface area (Å²) in [6.07, 6.45) is 4.69. The van der Waals surface area contributed by atoms with Gasteiger partial charge in [-0.2, -0.15) is 0 Å². The van der Waals surface area contributed by atoms with Crippen molar-refractivity contribution in [3.63, 3.8) is 0 Å². The number of benzene rings is 1. The van der Waals surface area contributed by atoms with E-state index in [0.29, 0.717) is 12.1 Å². The van der Waals surface area contributed by atoms with E-state index in [0.717, 1.165) is 5.56 Å². The van der Waals surface area contributed by atoms with Crippen molar-refractivity contribution in [2.24, 2.45) is 4.99 Å². The molecular formula is C13H12N2O. The van der Waals surface area contributed by atoms with Gasteiger partial charge in [-0.3, -0.25) is 9.98 Å². The molecule has 0 radical (unpaired) electrons. The molecule has 0 spiro atoms. The molecule has 0 unspecified atom stereocenters. The second-order valence-electron chi connectivity index (χ2n) is 3.39. The van der Waals surface area contributed by atoms with Gasteiger partial charge in [-0.25, -0.2) is 0 Å². The van der Waals surface area contributed by atoms with Crippen molar-refractivity contribution in [2.45, 2.75) is 6.54 Å².